The summed E-state index contributed by atoms with van der Waals surface area (Å²) in [6.45, 7) is 5.95. The van der Waals surface area contributed by atoms with Crippen molar-refractivity contribution in [2.75, 3.05) is 30.4 Å². The number of pyridine rings is 1. The number of nitrogens with one attached hydrogen (secondary N) is 1. The number of hydrogen-bond acceptors (Lipinski definition) is 5. The van der Waals surface area contributed by atoms with Gasteiger partial charge >= 0.3 is 5.69 Å². The van der Waals surface area contributed by atoms with Gasteiger partial charge in [-0.25, -0.2) is 4.98 Å². The van der Waals surface area contributed by atoms with Crippen LogP contribution in [-0.4, -0.2) is 30.0 Å². The molecule has 2 heterocycles. The van der Waals surface area contributed by atoms with E-state index in [-0.39, 0.29) is 10.6 Å². The van der Waals surface area contributed by atoms with Crippen molar-refractivity contribution in [1.82, 2.24) is 4.98 Å². The average molecular weight is 278 g/mol. The van der Waals surface area contributed by atoms with Gasteiger partial charge in [-0.05, 0) is 31.2 Å². The standard InChI is InChI=1S/C14H22N4O2/c1-4-11-8-12(17-7-5-6-10(2)9-17)13(18(19)20)14(15-3)16-11/h8,10H,4-7,9H2,1-3H3,(H,15,16)/t10-/m1/s1. The van der Waals surface area contributed by atoms with Crippen LogP contribution in [0.2, 0.25) is 0 Å². The molecule has 6 nitrogen and oxygen atoms in total. The van der Waals surface area contributed by atoms with E-state index in [0.717, 1.165) is 31.6 Å². The van der Waals surface area contributed by atoms with E-state index in [1.807, 2.05) is 13.0 Å². The molecule has 1 aromatic heterocycles. The molecule has 1 fully saturated rings. The lowest BCUT2D eigenvalue weighted by Gasteiger charge is -2.32. The molecule has 1 aliphatic heterocycles. The van der Waals surface area contributed by atoms with E-state index in [1.54, 1.807) is 7.05 Å². The Balaban J connectivity index is 2.50. The van der Waals surface area contributed by atoms with Crippen LogP contribution in [0.1, 0.15) is 32.4 Å². The lowest BCUT2D eigenvalue weighted by atomic mass is 9.99. The summed E-state index contributed by atoms with van der Waals surface area (Å²) in [6.07, 6.45) is 3.04. The Bertz CT molecular complexity index is 504. The molecule has 6 heteroatoms. The van der Waals surface area contributed by atoms with Crippen molar-refractivity contribution >= 4 is 17.2 Å². The minimum Gasteiger partial charge on any atom is -0.367 e. The molecule has 1 atom stereocenters. The van der Waals surface area contributed by atoms with Crippen LogP contribution in [0.25, 0.3) is 0 Å². The SMILES string of the molecule is CCc1cc(N2CCC[C@@H](C)C2)c([N+](=O)[O-])c(NC)n1. The van der Waals surface area contributed by atoms with Crippen molar-refractivity contribution in [3.8, 4) is 0 Å². The number of aromatic nitrogens is 1. The Kier molecular flexibility index (Phi) is 4.42. The summed E-state index contributed by atoms with van der Waals surface area (Å²) in [7, 11) is 1.68. The van der Waals surface area contributed by atoms with E-state index >= 15 is 0 Å². The molecule has 0 saturated carbocycles. The van der Waals surface area contributed by atoms with Gasteiger partial charge in [-0.3, -0.25) is 10.1 Å². The summed E-state index contributed by atoms with van der Waals surface area (Å²) in [6, 6.07) is 1.87. The molecule has 20 heavy (non-hydrogen) atoms. The minimum absolute atomic E-state index is 0.0961. The molecule has 0 unspecified atom stereocenters. The van der Waals surface area contributed by atoms with Gasteiger partial charge in [0.25, 0.3) is 0 Å². The van der Waals surface area contributed by atoms with Crippen LogP contribution in [0.4, 0.5) is 17.2 Å². The first kappa shape index (κ1) is 14.6. The van der Waals surface area contributed by atoms with Gasteiger partial charge < -0.3 is 10.2 Å². The predicted molar refractivity (Wildman–Crippen MR) is 80.4 cm³/mol. The van der Waals surface area contributed by atoms with E-state index in [0.29, 0.717) is 17.4 Å². The highest BCUT2D eigenvalue weighted by atomic mass is 16.6. The second-order valence-electron chi connectivity index (χ2n) is 5.38. The van der Waals surface area contributed by atoms with Gasteiger partial charge in [-0.15, -0.1) is 0 Å². The first-order valence-electron chi connectivity index (χ1n) is 7.17. The Hall–Kier alpha value is -1.85. The van der Waals surface area contributed by atoms with Crippen molar-refractivity contribution in [2.24, 2.45) is 5.92 Å². The third kappa shape index (κ3) is 2.84. The monoisotopic (exact) mass is 278 g/mol. The van der Waals surface area contributed by atoms with Crippen LogP contribution in [-0.2, 0) is 6.42 Å². The normalized spacial score (nSPS) is 18.9. The summed E-state index contributed by atoms with van der Waals surface area (Å²) in [4.78, 5) is 17.6. The third-order valence-corrected chi connectivity index (χ3v) is 3.80. The molecule has 0 radical (unpaired) electrons. The topological polar surface area (TPSA) is 71.3 Å². The lowest BCUT2D eigenvalue weighted by Crippen LogP contribution is -2.34. The maximum Gasteiger partial charge on any atom is 0.334 e. The highest BCUT2D eigenvalue weighted by Gasteiger charge is 2.28. The zero-order valence-electron chi connectivity index (χ0n) is 12.3. The zero-order valence-corrected chi connectivity index (χ0v) is 12.3. The van der Waals surface area contributed by atoms with Crippen LogP contribution in [0.5, 0.6) is 0 Å². The van der Waals surface area contributed by atoms with E-state index in [4.69, 9.17) is 0 Å². The van der Waals surface area contributed by atoms with Crippen LogP contribution in [0.15, 0.2) is 6.07 Å². The van der Waals surface area contributed by atoms with Crippen LogP contribution >= 0.6 is 0 Å². The molecule has 0 amide bonds. The summed E-state index contributed by atoms with van der Waals surface area (Å²) in [5.41, 5.74) is 1.68. The molecule has 0 spiro atoms. The largest absolute Gasteiger partial charge is 0.367 e. The molecule has 0 bridgehead atoms. The van der Waals surface area contributed by atoms with Crippen molar-refractivity contribution in [2.45, 2.75) is 33.1 Å². The molecule has 1 aliphatic rings. The molecule has 1 aromatic rings. The Morgan fingerprint density at radius 3 is 2.90 bits per heavy atom. The van der Waals surface area contributed by atoms with Gasteiger partial charge in [0.15, 0.2) is 0 Å². The lowest BCUT2D eigenvalue weighted by molar-refractivity contribution is -0.383. The van der Waals surface area contributed by atoms with Crippen LogP contribution in [0.3, 0.4) is 0 Å². The van der Waals surface area contributed by atoms with Gasteiger partial charge in [0, 0.05) is 25.8 Å². The van der Waals surface area contributed by atoms with Gasteiger partial charge in [0.2, 0.25) is 5.82 Å². The van der Waals surface area contributed by atoms with Crippen molar-refractivity contribution < 1.29 is 4.92 Å². The summed E-state index contributed by atoms with van der Waals surface area (Å²) in [5, 5.41) is 14.3. The zero-order chi connectivity index (χ0) is 14.7. The smallest absolute Gasteiger partial charge is 0.334 e. The van der Waals surface area contributed by atoms with Crippen LogP contribution in [0, 0.1) is 16.0 Å². The maximum atomic E-state index is 11.4. The number of piperidine rings is 1. The quantitative estimate of drug-likeness (QED) is 0.677. The fraction of sp³-hybridized carbons (Fsp3) is 0.643. The van der Waals surface area contributed by atoms with Crippen LogP contribution < -0.4 is 10.2 Å². The summed E-state index contributed by atoms with van der Waals surface area (Å²) >= 11 is 0. The number of rotatable bonds is 4. The van der Waals surface area contributed by atoms with E-state index < -0.39 is 0 Å². The van der Waals surface area contributed by atoms with E-state index in [9.17, 15) is 10.1 Å². The fourth-order valence-electron chi connectivity index (χ4n) is 2.76. The van der Waals surface area contributed by atoms with E-state index in [1.165, 1.54) is 6.42 Å². The highest BCUT2D eigenvalue weighted by Crippen LogP contribution is 2.36. The Morgan fingerprint density at radius 1 is 1.60 bits per heavy atom. The Morgan fingerprint density at radius 2 is 2.35 bits per heavy atom. The predicted octanol–water partition coefficient (Wildman–Crippen LogP) is 2.83. The van der Waals surface area contributed by atoms with Gasteiger partial charge in [0.05, 0.1) is 4.92 Å². The molecule has 110 valence electrons. The molecule has 1 N–H and O–H groups in total. The Labute approximate surface area is 119 Å². The maximum absolute atomic E-state index is 11.4. The van der Waals surface area contributed by atoms with Gasteiger partial charge in [0.1, 0.15) is 5.69 Å². The number of nitrogens with zero attached hydrogens (tertiary/aromatic N) is 3. The fourth-order valence-corrected chi connectivity index (χ4v) is 2.76. The van der Waals surface area contributed by atoms with Crippen molar-refractivity contribution in [3.63, 3.8) is 0 Å². The number of anilines is 2. The molecule has 0 aliphatic carbocycles. The molecular weight excluding hydrogens is 256 g/mol. The molecule has 2 rings (SSSR count). The highest BCUT2D eigenvalue weighted by molar-refractivity contribution is 5.74. The average Bonchev–Trinajstić information content (AvgIpc) is 2.45. The molecular formula is C14H22N4O2. The summed E-state index contributed by atoms with van der Waals surface area (Å²) in [5.74, 6) is 0.933. The minimum atomic E-state index is -0.327. The molecule has 0 aromatic carbocycles. The first-order valence-corrected chi connectivity index (χ1v) is 7.17. The second kappa shape index (κ2) is 6.07. The third-order valence-electron chi connectivity index (χ3n) is 3.80. The van der Waals surface area contributed by atoms with Crippen molar-refractivity contribution in [3.05, 3.63) is 21.9 Å². The summed E-state index contributed by atoms with van der Waals surface area (Å²) < 4.78 is 0. The van der Waals surface area contributed by atoms with Gasteiger partial charge in [-0.2, -0.15) is 0 Å². The van der Waals surface area contributed by atoms with Crippen molar-refractivity contribution in [1.29, 1.82) is 0 Å². The molecule has 1 saturated heterocycles. The number of nitro groups is 1. The first-order chi connectivity index (χ1) is 9.56. The number of hydrogen-bond donors (Lipinski definition) is 1. The second-order valence-corrected chi connectivity index (χ2v) is 5.38. The number of aryl methyl sites for hydroxylation is 1. The van der Waals surface area contributed by atoms with E-state index in [2.05, 4.69) is 22.1 Å². The van der Waals surface area contributed by atoms with Gasteiger partial charge in [-0.1, -0.05) is 13.8 Å².